The first-order chi connectivity index (χ1) is 17.9. The number of ether oxygens (including phenoxy) is 3. The molecule has 1 fully saturated rings. The molecule has 9 nitrogen and oxygen atoms in total. The van der Waals surface area contributed by atoms with Gasteiger partial charge in [-0.3, -0.25) is 9.67 Å². The molecular formula is C27H31FN6O3. The van der Waals surface area contributed by atoms with Gasteiger partial charge in [0, 0.05) is 68.6 Å². The maximum Gasteiger partial charge on any atom is 0.124 e. The fourth-order valence-corrected chi connectivity index (χ4v) is 4.74. The first-order valence-corrected chi connectivity index (χ1v) is 12.1. The van der Waals surface area contributed by atoms with Crippen LogP contribution in [-0.2, 0) is 11.8 Å². The Hall–Kier alpha value is -3.76. The number of hydrogen-bond acceptors (Lipinski definition) is 8. The molecule has 0 unspecified atom stereocenters. The molecule has 0 saturated carbocycles. The Kier molecular flexibility index (Phi) is 6.94. The number of benzene rings is 2. The molecule has 0 atom stereocenters. The number of rotatable bonds is 8. The molecule has 0 radical (unpaired) electrons. The molecule has 4 aromatic rings. The second kappa shape index (κ2) is 10.3. The van der Waals surface area contributed by atoms with Gasteiger partial charge in [-0.2, -0.15) is 5.10 Å². The van der Waals surface area contributed by atoms with Gasteiger partial charge in [-0.05, 0) is 31.0 Å². The topological polar surface area (TPSA) is 77.8 Å². The van der Waals surface area contributed by atoms with Gasteiger partial charge >= 0.3 is 0 Å². The Morgan fingerprint density at radius 2 is 1.68 bits per heavy atom. The Labute approximate surface area is 215 Å². The van der Waals surface area contributed by atoms with Crippen LogP contribution >= 0.6 is 0 Å². The van der Waals surface area contributed by atoms with E-state index in [0.29, 0.717) is 44.0 Å². The van der Waals surface area contributed by atoms with E-state index in [1.165, 1.54) is 0 Å². The summed E-state index contributed by atoms with van der Waals surface area (Å²) < 4.78 is 32.8. The highest BCUT2D eigenvalue weighted by atomic mass is 19.2. The molecule has 0 aliphatic carbocycles. The van der Waals surface area contributed by atoms with Crippen molar-refractivity contribution in [1.82, 2.24) is 24.9 Å². The number of nitrogens with zero attached hydrogens (tertiary/aromatic N) is 6. The summed E-state index contributed by atoms with van der Waals surface area (Å²) in [6, 6.07) is 11.7. The lowest BCUT2D eigenvalue weighted by atomic mass is 9.90. The van der Waals surface area contributed by atoms with E-state index < -0.39 is 5.60 Å². The minimum atomic E-state index is -0.531. The molecule has 2 aromatic carbocycles. The van der Waals surface area contributed by atoms with Crippen molar-refractivity contribution in [3.8, 4) is 22.8 Å². The number of anilines is 2. The van der Waals surface area contributed by atoms with Crippen LogP contribution in [0.5, 0.6) is 11.5 Å². The van der Waals surface area contributed by atoms with Gasteiger partial charge in [0.25, 0.3) is 0 Å². The molecule has 194 valence electrons. The molecule has 0 spiro atoms. The van der Waals surface area contributed by atoms with Gasteiger partial charge in [0.05, 0.1) is 55.5 Å². The third-order valence-electron chi connectivity index (χ3n) is 6.99. The molecule has 37 heavy (non-hydrogen) atoms. The zero-order chi connectivity index (χ0) is 26.0. The zero-order valence-corrected chi connectivity index (χ0v) is 21.5. The smallest absolute Gasteiger partial charge is 0.124 e. The van der Waals surface area contributed by atoms with Gasteiger partial charge in [0.2, 0.25) is 0 Å². The van der Waals surface area contributed by atoms with Crippen LogP contribution < -0.4 is 14.4 Å². The molecule has 1 aliphatic rings. The first kappa shape index (κ1) is 24.9. The standard InChI is InChI=1S/C27H31FN6O3/c1-32-17-19(15-30-32)26-16-29-24-6-5-20(13-25(24)31-26)34(18-27(37-4)7-9-33(28)10-8-27)21-11-22(35-2)14-23(12-21)36-3/h5-6,11-17H,7-10,18H2,1-4H3. The summed E-state index contributed by atoms with van der Waals surface area (Å²) in [5, 5.41) is 5.10. The average molecular weight is 507 g/mol. The summed E-state index contributed by atoms with van der Waals surface area (Å²) >= 11 is 0. The molecule has 1 aliphatic heterocycles. The summed E-state index contributed by atoms with van der Waals surface area (Å²) in [5.74, 6) is 1.34. The van der Waals surface area contributed by atoms with Crippen molar-refractivity contribution in [1.29, 1.82) is 0 Å². The van der Waals surface area contributed by atoms with E-state index in [-0.39, 0.29) is 0 Å². The van der Waals surface area contributed by atoms with Crippen molar-refractivity contribution in [3.05, 3.63) is 55.0 Å². The summed E-state index contributed by atoms with van der Waals surface area (Å²) in [5.41, 5.74) is 4.42. The Morgan fingerprint density at radius 1 is 0.946 bits per heavy atom. The quantitative estimate of drug-likeness (QED) is 0.322. The van der Waals surface area contributed by atoms with Gasteiger partial charge in [-0.1, -0.05) is 0 Å². The summed E-state index contributed by atoms with van der Waals surface area (Å²) in [4.78, 5) is 11.6. The lowest BCUT2D eigenvalue weighted by Crippen LogP contribution is -2.49. The molecule has 0 amide bonds. The molecular weight excluding hydrogens is 475 g/mol. The minimum absolute atomic E-state index is 0.320. The van der Waals surface area contributed by atoms with Crippen LogP contribution in [-0.4, -0.2) is 71.4 Å². The van der Waals surface area contributed by atoms with Crippen LogP contribution in [0.1, 0.15) is 12.8 Å². The maximum atomic E-state index is 13.9. The number of halogens is 1. The van der Waals surface area contributed by atoms with Crippen molar-refractivity contribution >= 4 is 22.4 Å². The number of methoxy groups -OCH3 is 3. The van der Waals surface area contributed by atoms with E-state index in [1.807, 2.05) is 49.6 Å². The molecule has 2 aromatic heterocycles. The molecule has 1 saturated heterocycles. The van der Waals surface area contributed by atoms with Crippen LogP contribution in [0.3, 0.4) is 0 Å². The monoisotopic (exact) mass is 506 g/mol. The fraction of sp³-hybridized carbons (Fsp3) is 0.370. The lowest BCUT2D eigenvalue weighted by molar-refractivity contribution is -0.0969. The number of aryl methyl sites for hydroxylation is 1. The second-order valence-corrected chi connectivity index (χ2v) is 9.28. The van der Waals surface area contributed by atoms with Crippen molar-refractivity contribution < 1.29 is 18.7 Å². The van der Waals surface area contributed by atoms with E-state index in [4.69, 9.17) is 19.2 Å². The average Bonchev–Trinajstić information content (AvgIpc) is 3.38. The first-order valence-electron chi connectivity index (χ1n) is 12.1. The van der Waals surface area contributed by atoms with Gasteiger partial charge in [-0.25, -0.2) is 4.98 Å². The van der Waals surface area contributed by atoms with Crippen molar-refractivity contribution in [2.75, 3.05) is 45.9 Å². The Bertz CT molecular complexity index is 1360. The number of aromatic nitrogens is 4. The summed E-state index contributed by atoms with van der Waals surface area (Å²) in [6.45, 7) is 1.15. The van der Waals surface area contributed by atoms with Crippen LogP contribution in [0.15, 0.2) is 55.0 Å². The normalized spacial score (nSPS) is 15.6. The SMILES string of the molecule is COc1cc(OC)cc(N(CC2(OC)CCN(F)CC2)c2ccc3ncc(-c4cnn(C)c4)nc3c2)c1. The van der Waals surface area contributed by atoms with Gasteiger partial charge in [-0.15, -0.1) is 9.60 Å². The van der Waals surface area contributed by atoms with Crippen molar-refractivity contribution in [2.45, 2.75) is 18.4 Å². The molecule has 0 bridgehead atoms. The minimum Gasteiger partial charge on any atom is -0.497 e. The molecule has 3 heterocycles. The number of piperidine rings is 1. The van der Waals surface area contributed by atoms with Crippen molar-refractivity contribution in [3.63, 3.8) is 0 Å². The summed E-state index contributed by atoms with van der Waals surface area (Å²) in [7, 11) is 6.82. The van der Waals surface area contributed by atoms with Gasteiger partial charge < -0.3 is 19.1 Å². The zero-order valence-electron chi connectivity index (χ0n) is 21.5. The van der Waals surface area contributed by atoms with Gasteiger partial charge in [0.15, 0.2) is 0 Å². The van der Waals surface area contributed by atoms with E-state index in [2.05, 4.69) is 15.0 Å². The lowest BCUT2D eigenvalue weighted by Gasteiger charge is -2.42. The van der Waals surface area contributed by atoms with Crippen LogP contribution in [0, 0.1) is 0 Å². The number of hydrogen-bond donors (Lipinski definition) is 0. The van der Waals surface area contributed by atoms with Crippen LogP contribution in [0.2, 0.25) is 0 Å². The fourth-order valence-electron chi connectivity index (χ4n) is 4.74. The highest BCUT2D eigenvalue weighted by Gasteiger charge is 2.37. The largest absolute Gasteiger partial charge is 0.497 e. The van der Waals surface area contributed by atoms with E-state index >= 15 is 0 Å². The highest BCUT2D eigenvalue weighted by Crippen LogP contribution is 2.38. The predicted octanol–water partition coefficient (Wildman–Crippen LogP) is 4.55. The maximum absolute atomic E-state index is 13.9. The number of fused-ring (bicyclic) bond motifs is 1. The second-order valence-electron chi connectivity index (χ2n) is 9.28. The van der Waals surface area contributed by atoms with E-state index in [1.54, 1.807) is 38.4 Å². The predicted molar refractivity (Wildman–Crippen MR) is 140 cm³/mol. The molecule has 0 N–H and O–H groups in total. The third kappa shape index (κ3) is 5.21. The molecule has 10 heteroatoms. The Balaban J connectivity index is 1.60. The molecule has 5 rings (SSSR count). The third-order valence-corrected chi connectivity index (χ3v) is 6.99. The highest BCUT2D eigenvalue weighted by molar-refractivity contribution is 5.82. The van der Waals surface area contributed by atoms with E-state index in [0.717, 1.165) is 38.8 Å². The Morgan fingerprint density at radius 3 is 2.30 bits per heavy atom. The van der Waals surface area contributed by atoms with Crippen LogP contribution in [0.4, 0.5) is 15.9 Å². The van der Waals surface area contributed by atoms with Crippen molar-refractivity contribution in [2.24, 2.45) is 7.05 Å². The van der Waals surface area contributed by atoms with E-state index in [9.17, 15) is 4.48 Å². The summed E-state index contributed by atoms with van der Waals surface area (Å²) in [6.07, 6.45) is 6.57. The van der Waals surface area contributed by atoms with Crippen LogP contribution in [0.25, 0.3) is 22.3 Å². The van der Waals surface area contributed by atoms with Gasteiger partial charge in [0.1, 0.15) is 11.5 Å².